The second-order valence-electron chi connectivity index (χ2n) is 5.66. The summed E-state index contributed by atoms with van der Waals surface area (Å²) >= 11 is 0. The molecule has 2 aromatic heterocycles. The number of fused-ring (bicyclic) bond motifs is 1. The molecule has 3 aromatic rings. The van der Waals surface area contributed by atoms with E-state index in [2.05, 4.69) is 39.2 Å². The molecule has 106 valence electrons. The standard InChI is InChI=1S/C17H18N4/c1-2-10-20(9-1)12-14-3-5-15(6-4-14)16-11-18-17-7-8-19-21(17)13-16/h3-8,11,13H,1-2,9-10,12H2. The van der Waals surface area contributed by atoms with Crippen LogP contribution in [-0.4, -0.2) is 32.6 Å². The molecule has 0 amide bonds. The molecule has 0 bridgehead atoms. The predicted molar refractivity (Wildman–Crippen MR) is 82.9 cm³/mol. The van der Waals surface area contributed by atoms with Gasteiger partial charge in [-0.05, 0) is 37.1 Å². The Hall–Kier alpha value is -2.20. The van der Waals surface area contributed by atoms with Crippen molar-refractivity contribution >= 4 is 5.65 Å². The van der Waals surface area contributed by atoms with Crippen molar-refractivity contribution in [2.75, 3.05) is 13.1 Å². The van der Waals surface area contributed by atoms with Crippen LogP contribution in [0.15, 0.2) is 48.9 Å². The topological polar surface area (TPSA) is 33.4 Å². The molecule has 0 spiro atoms. The fraction of sp³-hybridized carbons (Fsp3) is 0.294. The van der Waals surface area contributed by atoms with Crippen LogP contribution in [0.5, 0.6) is 0 Å². The SMILES string of the molecule is c1cc2ncc(-c3ccc(CN4CCCC4)cc3)cn2n1. The first-order valence-corrected chi connectivity index (χ1v) is 7.49. The van der Waals surface area contributed by atoms with Crippen LogP contribution in [0.2, 0.25) is 0 Å². The average molecular weight is 278 g/mol. The van der Waals surface area contributed by atoms with Crippen LogP contribution >= 0.6 is 0 Å². The first kappa shape index (κ1) is 12.5. The van der Waals surface area contributed by atoms with Gasteiger partial charge in [0.25, 0.3) is 0 Å². The van der Waals surface area contributed by atoms with Crippen molar-refractivity contribution in [1.29, 1.82) is 0 Å². The van der Waals surface area contributed by atoms with Gasteiger partial charge in [0.2, 0.25) is 0 Å². The molecular weight excluding hydrogens is 260 g/mol. The third-order valence-corrected chi connectivity index (χ3v) is 4.14. The number of nitrogens with zero attached hydrogens (tertiary/aromatic N) is 4. The van der Waals surface area contributed by atoms with Gasteiger partial charge in [0, 0.05) is 30.6 Å². The maximum atomic E-state index is 4.42. The highest BCUT2D eigenvalue weighted by Gasteiger charge is 2.11. The molecule has 4 nitrogen and oxygen atoms in total. The summed E-state index contributed by atoms with van der Waals surface area (Å²) in [7, 11) is 0. The van der Waals surface area contributed by atoms with Crippen LogP contribution in [0.1, 0.15) is 18.4 Å². The van der Waals surface area contributed by atoms with Crippen molar-refractivity contribution in [1.82, 2.24) is 19.5 Å². The van der Waals surface area contributed by atoms with E-state index in [0.717, 1.165) is 17.8 Å². The summed E-state index contributed by atoms with van der Waals surface area (Å²) in [6.45, 7) is 3.54. The van der Waals surface area contributed by atoms with Gasteiger partial charge in [0.1, 0.15) is 0 Å². The Bertz CT molecular complexity index is 739. The first-order chi connectivity index (χ1) is 10.4. The molecule has 1 fully saturated rings. The molecule has 0 saturated carbocycles. The summed E-state index contributed by atoms with van der Waals surface area (Å²) in [5.41, 5.74) is 4.54. The Morgan fingerprint density at radius 3 is 2.57 bits per heavy atom. The zero-order chi connectivity index (χ0) is 14.1. The van der Waals surface area contributed by atoms with E-state index in [4.69, 9.17) is 0 Å². The van der Waals surface area contributed by atoms with Gasteiger partial charge in [-0.2, -0.15) is 5.10 Å². The van der Waals surface area contributed by atoms with E-state index in [1.54, 1.807) is 6.20 Å². The Kier molecular flexibility index (Phi) is 3.16. The highest BCUT2D eigenvalue weighted by molar-refractivity contribution is 5.63. The predicted octanol–water partition coefficient (Wildman–Crippen LogP) is 2.99. The minimum Gasteiger partial charge on any atom is -0.299 e. The van der Waals surface area contributed by atoms with E-state index in [-0.39, 0.29) is 0 Å². The number of rotatable bonds is 3. The van der Waals surface area contributed by atoms with Crippen molar-refractivity contribution in [2.45, 2.75) is 19.4 Å². The normalized spacial score (nSPS) is 15.8. The van der Waals surface area contributed by atoms with Crippen LogP contribution in [0.4, 0.5) is 0 Å². The van der Waals surface area contributed by atoms with Crippen LogP contribution in [0, 0.1) is 0 Å². The van der Waals surface area contributed by atoms with Crippen molar-refractivity contribution in [3.05, 3.63) is 54.5 Å². The minimum atomic E-state index is 0.879. The number of hydrogen-bond acceptors (Lipinski definition) is 3. The van der Waals surface area contributed by atoms with Gasteiger partial charge in [-0.15, -0.1) is 0 Å². The summed E-state index contributed by atoms with van der Waals surface area (Å²) < 4.78 is 1.81. The Morgan fingerprint density at radius 1 is 0.952 bits per heavy atom. The van der Waals surface area contributed by atoms with Crippen molar-refractivity contribution in [2.24, 2.45) is 0 Å². The van der Waals surface area contributed by atoms with Gasteiger partial charge in [-0.3, -0.25) is 4.90 Å². The summed E-state index contributed by atoms with van der Waals surface area (Å²) in [5, 5.41) is 4.24. The lowest BCUT2D eigenvalue weighted by molar-refractivity contribution is 0.331. The fourth-order valence-corrected chi connectivity index (χ4v) is 2.96. The molecule has 0 unspecified atom stereocenters. The Balaban J connectivity index is 1.57. The molecule has 1 saturated heterocycles. The van der Waals surface area contributed by atoms with Gasteiger partial charge < -0.3 is 0 Å². The first-order valence-electron chi connectivity index (χ1n) is 7.49. The lowest BCUT2D eigenvalue weighted by Crippen LogP contribution is -2.18. The lowest BCUT2D eigenvalue weighted by atomic mass is 10.1. The second kappa shape index (κ2) is 5.30. The second-order valence-corrected chi connectivity index (χ2v) is 5.66. The van der Waals surface area contributed by atoms with E-state index in [0.29, 0.717) is 0 Å². The summed E-state index contributed by atoms with van der Waals surface area (Å²) in [6, 6.07) is 10.7. The molecular formula is C17H18N4. The van der Waals surface area contributed by atoms with Gasteiger partial charge >= 0.3 is 0 Å². The summed E-state index contributed by atoms with van der Waals surface area (Å²) in [6.07, 6.45) is 8.39. The van der Waals surface area contributed by atoms with Crippen LogP contribution < -0.4 is 0 Å². The minimum absolute atomic E-state index is 0.879. The van der Waals surface area contributed by atoms with Crippen molar-refractivity contribution in [3.8, 4) is 11.1 Å². The monoisotopic (exact) mass is 278 g/mol. The number of aromatic nitrogens is 3. The quantitative estimate of drug-likeness (QED) is 0.738. The molecule has 21 heavy (non-hydrogen) atoms. The zero-order valence-corrected chi connectivity index (χ0v) is 11.9. The highest BCUT2D eigenvalue weighted by atomic mass is 15.2. The van der Waals surface area contributed by atoms with E-state index in [1.807, 2.05) is 23.0 Å². The van der Waals surface area contributed by atoms with Gasteiger partial charge in [-0.25, -0.2) is 9.50 Å². The summed E-state index contributed by atoms with van der Waals surface area (Å²) in [4.78, 5) is 6.94. The van der Waals surface area contributed by atoms with Crippen LogP contribution in [0.3, 0.4) is 0 Å². The molecule has 0 atom stereocenters. The van der Waals surface area contributed by atoms with E-state index < -0.39 is 0 Å². The highest BCUT2D eigenvalue weighted by Crippen LogP contribution is 2.20. The third kappa shape index (κ3) is 2.54. The maximum absolute atomic E-state index is 4.42. The van der Waals surface area contributed by atoms with Crippen LogP contribution in [0.25, 0.3) is 16.8 Å². The average Bonchev–Trinajstić information content (AvgIpc) is 3.18. The molecule has 4 heteroatoms. The lowest BCUT2D eigenvalue weighted by Gasteiger charge is -2.14. The smallest absolute Gasteiger partial charge is 0.154 e. The number of benzene rings is 1. The summed E-state index contributed by atoms with van der Waals surface area (Å²) in [5.74, 6) is 0. The Labute approximate surface area is 124 Å². The number of hydrogen-bond donors (Lipinski definition) is 0. The van der Waals surface area contributed by atoms with Crippen molar-refractivity contribution in [3.63, 3.8) is 0 Å². The maximum Gasteiger partial charge on any atom is 0.154 e. The zero-order valence-electron chi connectivity index (χ0n) is 11.9. The van der Waals surface area contributed by atoms with Crippen molar-refractivity contribution < 1.29 is 0 Å². The molecule has 0 N–H and O–H groups in total. The van der Waals surface area contributed by atoms with Gasteiger partial charge in [-0.1, -0.05) is 24.3 Å². The largest absolute Gasteiger partial charge is 0.299 e. The fourth-order valence-electron chi connectivity index (χ4n) is 2.96. The van der Waals surface area contributed by atoms with Crippen LogP contribution in [-0.2, 0) is 6.54 Å². The van der Waals surface area contributed by atoms with E-state index >= 15 is 0 Å². The van der Waals surface area contributed by atoms with E-state index in [9.17, 15) is 0 Å². The molecule has 0 radical (unpaired) electrons. The molecule has 4 rings (SSSR count). The molecule has 0 aliphatic carbocycles. The molecule has 3 heterocycles. The molecule has 1 aliphatic rings. The third-order valence-electron chi connectivity index (χ3n) is 4.14. The number of likely N-dealkylation sites (tertiary alicyclic amines) is 1. The van der Waals surface area contributed by atoms with Gasteiger partial charge in [0.15, 0.2) is 5.65 Å². The molecule has 1 aliphatic heterocycles. The Morgan fingerprint density at radius 2 is 1.76 bits per heavy atom. The van der Waals surface area contributed by atoms with E-state index in [1.165, 1.54) is 37.1 Å². The van der Waals surface area contributed by atoms with Gasteiger partial charge in [0.05, 0.1) is 6.20 Å². The molecule has 1 aromatic carbocycles.